The lowest BCUT2D eigenvalue weighted by atomic mass is 10.1. The molecule has 0 spiro atoms. The van der Waals surface area contributed by atoms with Gasteiger partial charge in [0.15, 0.2) is 0 Å². The van der Waals surface area contributed by atoms with Crippen molar-refractivity contribution in [3.8, 4) is 11.5 Å². The number of anilines is 2. The Labute approximate surface area is 187 Å². The number of urea groups is 1. The van der Waals surface area contributed by atoms with E-state index >= 15 is 0 Å². The van der Waals surface area contributed by atoms with E-state index in [9.17, 15) is 14.4 Å². The highest BCUT2D eigenvalue weighted by atomic mass is 16.5. The zero-order valence-electron chi connectivity index (χ0n) is 18.7. The molecule has 0 unspecified atom stereocenters. The quantitative estimate of drug-likeness (QED) is 0.501. The fraction of sp³-hybridized carbons (Fsp3) is 0.292. The normalized spacial score (nSPS) is 15.1. The van der Waals surface area contributed by atoms with E-state index in [0.29, 0.717) is 29.4 Å². The summed E-state index contributed by atoms with van der Waals surface area (Å²) in [5, 5.41) is 2.23. The molecule has 1 N–H and O–H groups in total. The molecule has 32 heavy (non-hydrogen) atoms. The molecule has 1 aliphatic heterocycles. The average Bonchev–Trinajstić information content (AvgIpc) is 2.79. The summed E-state index contributed by atoms with van der Waals surface area (Å²) in [6.45, 7) is 8.15. The van der Waals surface area contributed by atoms with Gasteiger partial charge in [0.2, 0.25) is 0 Å². The average molecular weight is 437 g/mol. The van der Waals surface area contributed by atoms with Crippen LogP contribution in [0.1, 0.15) is 26.3 Å². The molecule has 1 saturated heterocycles. The largest absolute Gasteiger partial charge is 0.496 e. The number of ether oxygens (including phenoxy) is 2. The number of carbonyl (C=O) groups is 3. The highest BCUT2D eigenvalue weighted by Gasteiger charge is 2.37. The second kappa shape index (κ2) is 10.00. The van der Waals surface area contributed by atoms with Gasteiger partial charge in [-0.25, -0.2) is 9.69 Å². The van der Waals surface area contributed by atoms with E-state index in [2.05, 4.69) is 24.1 Å². The molecule has 0 saturated carbocycles. The van der Waals surface area contributed by atoms with Crippen molar-refractivity contribution < 1.29 is 23.9 Å². The van der Waals surface area contributed by atoms with Crippen molar-refractivity contribution in [2.24, 2.45) is 0 Å². The first-order valence-electron chi connectivity index (χ1n) is 10.5. The van der Waals surface area contributed by atoms with Gasteiger partial charge in [-0.1, -0.05) is 0 Å². The highest BCUT2D eigenvalue weighted by molar-refractivity contribution is 6.39. The molecule has 1 aliphatic rings. The smallest absolute Gasteiger partial charge is 0.335 e. The molecule has 8 heteroatoms. The molecule has 0 aliphatic carbocycles. The maximum absolute atomic E-state index is 13.1. The van der Waals surface area contributed by atoms with Crippen molar-refractivity contribution in [3.63, 3.8) is 0 Å². The molecule has 2 aromatic carbocycles. The molecule has 1 heterocycles. The highest BCUT2D eigenvalue weighted by Crippen LogP contribution is 2.29. The lowest BCUT2D eigenvalue weighted by Gasteiger charge is -2.26. The summed E-state index contributed by atoms with van der Waals surface area (Å²) in [6.07, 6.45) is 1.44. The molecule has 168 valence electrons. The Morgan fingerprint density at radius 3 is 2.28 bits per heavy atom. The zero-order chi connectivity index (χ0) is 23.3. The first-order valence-corrected chi connectivity index (χ1v) is 10.5. The number of carbonyl (C=O) groups excluding carboxylic acids is 3. The van der Waals surface area contributed by atoms with Gasteiger partial charge in [-0.3, -0.25) is 14.9 Å². The van der Waals surface area contributed by atoms with E-state index in [4.69, 9.17) is 9.47 Å². The van der Waals surface area contributed by atoms with E-state index in [1.54, 1.807) is 30.3 Å². The van der Waals surface area contributed by atoms with Crippen LogP contribution in [-0.2, 0) is 9.59 Å². The predicted molar refractivity (Wildman–Crippen MR) is 123 cm³/mol. The monoisotopic (exact) mass is 437 g/mol. The summed E-state index contributed by atoms with van der Waals surface area (Å²) in [6, 6.07) is 11.3. The third kappa shape index (κ3) is 4.59. The van der Waals surface area contributed by atoms with Crippen LogP contribution in [0.5, 0.6) is 11.5 Å². The number of hydrogen-bond acceptors (Lipinski definition) is 6. The van der Waals surface area contributed by atoms with Gasteiger partial charge in [0.25, 0.3) is 11.8 Å². The van der Waals surface area contributed by atoms with Gasteiger partial charge in [-0.05, 0) is 63.2 Å². The van der Waals surface area contributed by atoms with Crippen molar-refractivity contribution >= 4 is 35.3 Å². The lowest BCUT2D eigenvalue weighted by molar-refractivity contribution is -0.122. The Balaban J connectivity index is 1.97. The summed E-state index contributed by atoms with van der Waals surface area (Å²) in [5.74, 6) is -0.326. The fourth-order valence-electron chi connectivity index (χ4n) is 3.51. The van der Waals surface area contributed by atoms with Crippen molar-refractivity contribution in [3.05, 3.63) is 53.6 Å². The first kappa shape index (κ1) is 22.9. The maximum atomic E-state index is 13.1. The van der Waals surface area contributed by atoms with E-state index in [-0.39, 0.29) is 5.57 Å². The minimum absolute atomic E-state index is 0.160. The summed E-state index contributed by atoms with van der Waals surface area (Å²) < 4.78 is 10.9. The Morgan fingerprint density at radius 1 is 1.00 bits per heavy atom. The summed E-state index contributed by atoms with van der Waals surface area (Å²) in [5.41, 5.74) is 1.70. The van der Waals surface area contributed by atoms with Crippen molar-refractivity contribution in [2.75, 3.05) is 36.6 Å². The van der Waals surface area contributed by atoms with E-state index in [1.807, 2.05) is 19.1 Å². The number of imide groups is 2. The lowest BCUT2D eigenvalue weighted by Crippen LogP contribution is -2.54. The summed E-state index contributed by atoms with van der Waals surface area (Å²) in [7, 11) is 1.53. The van der Waals surface area contributed by atoms with Crippen LogP contribution < -0.4 is 24.6 Å². The second-order valence-electron chi connectivity index (χ2n) is 6.98. The van der Waals surface area contributed by atoms with Gasteiger partial charge in [0.05, 0.1) is 19.4 Å². The molecule has 0 aromatic heterocycles. The molecule has 0 radical (unpaired) electrons. The Bertz CT molecular complexity index is 1040. The Hall–Kier alpha value is -3.81. The van der Waals surface area contributed by atoms with Crippen LogP contribution in [0.3, 0.4) is 0 Å². The van der Waals surface area contributed by atoms with Crippen LogP contribution in [0.15, 0.2) is 48.0 Å². The van der Waals surface area contributed by atoms with Crippen molar-refractivity contribution in [1.82, 2.24) is 5.32 Å². The number of benzene rings is 2. The molecule has 3 rings (SSSR count). The molecule has 2 aromatic rings. The van der Waals surface area contributed by atoms with Gasteiger partial charge < -0.3 is 14.4 Å². The molecule has 0 atom stereocenters. The van der Waals surface area contributed by atoms with Crippen molar-refractivity contribution in [2.45, 2.75) is 20.8 Å². The summed E-state index contributed by atoms with van der Waals surface area (Å²) in [4.78, 5) is 41.1. The molecule has 1 fully saturated rings. The van der Waals surface area contributed by atoms with Crippen LogP contribution in [0.2, 0.25) is 0 Å². The second-order valence-corrected chi connectivity index (χ2v) is 6.98. The number of methoxy groups -OCH3 is 1. The SMILES string of the molecule is CCOc1ccc(N2C(=O)NC(=O)/C(=C\c3ccc(N(CC)CC)cc3OC)C2=O)cc1. The van der Waals surface area contributed by atoms with E-state index < -0.39 is 17.8 Å². The number of nitrogens with zero attached hydrogens (tertiary/aromatic N) is 2. The van der Waals surface area contributed by atoms with Crippen LogP contribution in [0.4, 0.5) is 16.2 Å². The number of barbiturate groups is 1. The van der Waals surface area contributed by atoms with Gasteiger partial charge in [0.1, 0.15) is 17.1 Å². The topological polar surface area (TPSA) is 88.2 Å². The van der Waals surface area contributed by atoms with Crippen LogP contribution in [0, 0.1) is 0 Å². The molecular formula is C24H27N3O5. The summed E-state index contributed by atoms with van der Waals surface area (Å²) >= 11 is 0. The minimum Gasteiger partial charge on any atom is -0.496 e. The van der Waals surface area contributed by atoms with E-state index in [1.165, 1.54) is 13.2 Å². The number of rotatable bonds is 8. The standard InChI is InChI=1S/C24H27N3O5/c1-5-26(6-2)18-9-8-16(21(15-18)31-4)14-20-22(28)25-24(30)27(23(20)29)17-10-12-19(13-11-17)32-7-3/h8-15H,5-7H2,1-4H3,(H,25,28,30)/b20-14+. The first-order chi connectivity index (χ1) is 15.4. The van der Waals surface area contributed by atoms with Crippen LogP contribution in [0.25, 0.3) is 6.08 Å². The van der Waals surface area contributed by atoms with E-state index in [0.717, 1.165) is 23.7 Å². The predicted octanol–water partition coefficient (Wildman–Crippen LogP) is 3.61. The third-order valence-electron chi connectivity index (χ3n) is 5.15. The third-order valence-corrected chi connectivity index (χ3v) is 5.15. The Kier molecular flexibility index (Phi) is 7.14. The van der Waals surface area contributed by atoms with Gasteiger partial charge in [0, 0.05) is 30.4 Å². The number of amides is 4. The van der Waals surface area contributed by atoms with Gasteiger partial charge in [-0.15, -0.1) is 0 Å². The molecular weight excluding hydrogens is 410 g/mol. The van der Waals surface area contributed by atoms with Crippen molar-refractivity contribution in [1.29, 1.82) is 0 Å². The maximum Gasteiger partial charge on any atom is 0.335 e. The number of hydrogen-bond donors (Lipinski definition) is 1. The minimum atomic E-state index is -0.801. The zero-order valence-corrected chi connectivity index (χ0v) is 18.7. The van der Waals surface area contributed by atoms with Gasteiger partial charge >= 0.3 is 6.03 Å². The Morgan fingerprint density at radius 2 is 1.69 bits per heavy atom. The fourth-order valence-corrected chi connectivity index (χ4v) is 3.51. The molecule has 0 bridgehead atoms. The molecule has 8 nitrogen and oxygen atoms in total. The van der Waals surface area contributed by atoms with Crippen LogP contribution in [-0.4, -0.2) is 44.7 Å². The molecule has 4 amide bonds. The van der Waals surface area contributed by atoms with Crippen LogP contribution >= 0.6 is 0 Å². The number of nitrogens with one attached hydrogen (secondary N) is 1. The van der Waals surface area contributed by atoms with Gasteiger partial charge in [-0.2, -0.15) is 0 Å².